The molecule has 0 radical (unpaired) electrons. The number of ether oxygens (including phenoxy) is 1. The van der Waals surface area contributed by atoms with Crippen LogP contribution in [0.2, 0.25) is 0 Å². The summed E-state index contributed by atoms with van der Waals surface area (Å²) in [5.74, 6) is 0. The Hall–Kier alpha value is -2.62. The van der Waals surface area contributed by atoms with Crippen molar-refractivity contribution in [3.63, 3.8) is 0 Å². The van der Waals surface area contributed by atoms with Crippen LogP contribution in [0, 0.1) is 24.8 Å². The highest BCUT2D eigenvalue weighted by molar-refractivity contribution is 5.83. The van der Waals surface area contributed by atoms with E-state index in [0.29, 0.717) is 17.4 Å². The Kier molecular flexibility index (Phi) is 3.44. The molecule has 21 heavy (non-hydrogen) atoms. The van der Waals surface area contributed by atoms with Gasteiger partial charge in [-0.05, 0) is 29.2 Å². The van der Waals surface area contributed by atoms with Gasteiger partial charge in [0.2, 0.25) is 5.69 Å². The molecule has 1 fully saturated rings. The molecule has 1 saturated heterocycles. The molecule has 1 heterocycles. The average Bonchev–Trinajstić information content (AvgIpc) is 3.31. The maximum Gasteiger partial charge on any atom is 0.212 e. The van der Waals surface area contributed by atoms with Gasteiger partial charge < -0.3 is 4.74 Å². The molecule has 0 spiro atoms. The van der Waals surface area contributed by atoms with Gasteiger partial charge in [-0.15, -0.1) is 0 Å². The van der Waals surface area contributed by atoms with Gasteiger partial charge in [-0.2, -0.15) is 5.26 Å². The molecular formula is C18H14N2O. The smallest absolute Gasteiger partial charge is 0.212 e. The molecule has 0 N–H and O–H groups in total. The second kappa shape index (κ2) is 5.40. The van der Waals surface area contributed by atoms with Gasteiger partial charge in [0.15, 0.2) is 0 Å². The minimum absolute atomic E-state index is 0.374. The molecule has 3 rings (SSSR count). The zero-order chi connectivity index (χ0) is 14.8. The van der Waals surface area contributed by atoms with Crippen molar-refractivity contribution >= 4 is 5.69 Å². The van der Waals surface area contributed by atoms with E-state index in [-0.39, 0.29) is 0 Å². The summed E-state index contributed by atoms with van der Waals surface area (Å²) in [6.07, 6.45) is 1.31. The lowest BCUT2D eigenvalue weighted by atomic mass is 9.96. The van der Waals surface area contributed by atoms with Crippen LogP contribution in [0.5, 0.6) is 0 Å². The molecule has 0 aromatic heterocycles. The average molecular weight is 274 g/mol. The lowest BCUT2D eigenvalue weighted by Gasteiger charge is -2.09. The maximum atomic E-state index is 9.24. The molecule has 0 bridgehead atoms. The number of hydrogen-bond acceptors (Lipinski definition) is 2. The van der Waals surface area contributed by atoms with Gasteiger partial charge in [0.1, 0.15) is 0 Å². The SMILES string of the molecule is [C-]#[N+]c1c(-c2ccc(CC3CO3)cc2)ccc(C)c1C#N. The Morgan fingerprint density at radius 3 is 2.57 bits per heavy atom. The molecule has 102 valence electrons. The van der Waals surface area contributed by atoms with Gasteiger partial charge in [0.25, 0.3) is 0 Å². The molecule has 1 atom stereocenters. The van der Waals surface area contributed by atoms with Gasteiger partial charge in [0.05, 0.1) is 30.9 Å². The van der Waals surface area contributed by atoms with Crippen LogP contribution in [0.1, 0.15) is 16.7 Å². The van der Waals surface area contributed by atoms with E-state index >= 15 is 0 Å². The number of epoxide rings is 1. The summed E-state index contributed by atoms with van der Waals surface area (Å²) < 4.78 is 5.23. The molecule has 1 unspecified atom stereocenters. The van der Waals surface area contributed by atoms with Crippen molar-refractivity contribution in [2.45, 2.75) is 19.4 Å². The van der Waals surface area contributed by atoms with Crippen LogP contribution in [0.3, 0.4) is 0 Å². The van der Waals surface area contributed by atoms with E-state index < -0.39 is 0 Å². The van der Waals surface area contributed by atoms with Crippen LogP contribution in [0.15, 0.2) is 36.4 Å². The van der Waals surface area contributed by atoms with Crippen LogP contribution in [-0.2, 0) is 11.2 Å². The Morgan fingerprint density at radius 2 is 2.00 bits per heavy atom. The third kappa shape index (κ3) is 2.65. The predicted octanol–water partition coefficient (Wildman–Crippen LogP) is 4.03. The monoisotopic (exact) mass is 274 g/mol. The van der Waals surface area contributed by atoms with Crippen molar-refractivity contribution < 1.29 is 4.74 Å². The molecule has 1 aliphatic rings. The summed E-state index contributed by atoms with van der Waals surface area (Å²) in [4.78, 5) is 3.57. The minimum Gasteiger partial charge on any atom is -0.373 e. The first-order valence-electron chi connectivity index (χ1n) is 6.85. The van der Waals surface area contributed by atoms with E-state index in [9.17, 15) is 5.26 Å². The topological polar surface area (TPSA) is 40.7 Å². The van der Waals surface area contributed by atoms with Crippen LogP contribution >= 0.6 is 0 Å². The zero-order valence-electron chi connectivity index (χ0n) is 11.8. The molecule has 2 aromatic rings. The molecular weight excluding hydrogens is 260 g/mol. The summed E-state index contributed by atoms with van der Waals surface area (Å²) in [6, 6.07) is 14.1. The largest absolute Gasteiger partial charge is 0.373 e. The maximum absolute atomic E-state index is 9.24. The highest BCUT2D eigenvalue weighted by Gasteiger charge is 2.22. The molecule has 0 saturated carbocycles. The Labute approximate surface area is 124 Å². The predicted molar refractivity (Wildman–Crippen MR) is 81.0 cm³/mol. The van der Waals surface area contributed by atoms with E-state index in [1.807, 2.05) is 31.2 Å². The van der Waals surface area contributed by atoms with E-state index in [4.69, 9.17) is 11.3 Å². The third-order valence-corrected chi connectivity index (χ3v) is 3.74. The fraction of sp³-hybridized carbons (Fsp3) is 0.222. The quantitative estimate of drug-likeness (QED) is 0.626. The van der Waals surface area contributed by atoms with Gasteiger partial charge in [-0.25, -0.2) is 4.85 Å². The van der Waals surface area contributed by atoms with E-state index in [2.05, 4.69) is 23.0 Å². The minimum atomic E-state index is 0.374. The second-order valence-electron chi connectivity index (χ2n) is 5.23. The summed E-state index contributed by atoms with van der Waals surface area (Å²) in [7, 11) is 0. The fourth-order valence-corrected chi connectivity index (χ4v) is 2.45. The normalized spacial score (nSPS) is 16.0. The van der Waals surface area contributed by atoms with Gasteiger partial charge in [0, 0.05) is 6.42 Å². The Bertz CT molecular complexity index is 760. The van der Waals surface area contributed by atoms with Crippen molar-refractivity contribution in [3.05, 3.63) is 64.5 Å². The highest BCUT2D eigenvalue weighted by Crippen LogP contribution is 2.35. The zero-order valence-corrected chi connectivity index (χ0v) is 11.8. The first-order valence-corrected chi connectivity index (χ1v) is 6.85. The first-order chi connectivity index (χ1) is 10.2. The number of benzene rings is 2. The van der Waals surface area contributed by atoms with Crippen molar-refractivity contribution in [2.24, 2.45) is 0 Å². The summed E-state index contributed by atoms with van der Waals surface area (Å²) in [5, 5.41) is 9.24. The highest BCUT2D eigenvalue weighted by atomic mass is 16.6. The standard InChI is InChI=1S/C18H14N2O/c1-12-3-8-16(18(20-2)17(12)10-19)14-6-4-13(5-7-14)9-15-11-21-15/h3-8,15H,9,11H2,1H3. The summed E-state index contributed by atoms with van der Waals surface area (Å²) >= 11 is 0. The van der Waals surface area contributed by atoms with Crippen LogP contribution < -0.4 is 0 Å². The number of rotatable bonds is 3. The van der Waals surface area contributed by atoms with Crippen LogP contribution in [0.25, 0.3) is 16.0 Å². The molecule has 0 aliphatic carbocycles. The summed E-state index contributed by atoms with van der Waals surface area (Å²) in [6.45, 7) is 10.1. The van der Waals surface area contributed by atoms with Crippen molar-refractivity contribution in [1.82, 2.24) is 0 Å². The molecule has 3 nitrogen and oxygen atoms in total. The second-order valence-corrected chi connectivity index (χ2v) is 5.23. The number of nitriles is 1. The van der Waals surface area contributed by atoms with E-state index in [0.717, 1.165) is 29.7 Å². The van der Waals surface area contributed by atoms with Crippen LogP contribution in [0.4, 0.5) is 5.69 Å². The molecule has 0 amide bonds. The lowest BCUT2D eigenvalue weighted by Crippen LogP contribution is -1.92. The fourth-order valence-electron chi connectivity index (χ4n) is 2.45. The van der Waals surface area contributed by atoms with Crippen LogP contribution in [-0.4, -0.2) is 12.7 Å². The number of aryl methyl sites for hydroxylation is 1. The van der Waals surface area contributed by atoms with Crippen molar-refractivity contribution in [1.29, 1.82) is 5.26 Å². The van der Waals surface area contributed by atoms with Crippen molar-refractivity contribution in [2.75, 3.05) is 6.61 Å². The Morgan fingerprint density at radius 1 is 1.29 bits per heavy atom. The third-order valence-electron chi connectivity index (χ3n) is 3.74. The van der Waals surface area contributed by atoms with Gasteiger partial charge >= 0.3 is 0 Å². The lowest BCUT2D eigenvalue weighted by molar-refractivity contribution is 0.407. The van der Waals surface area contributed by atoms with E-state index in [1.165, 1.54) is 5.56 Å². The van der Waals surface area contributed by atoms with Gasteiger partial charge in [-0.3, -0.25) is 0 Å². The van der Waals surface area contributed by atoms with Crippen molar-refractivity contribution in [3.8, 4) is 17.2 Å². The van der Waals surface area contributed by atoms with E-state index in [1.54, 1.807) is 0 Å². The molecule has 2 aromatic carbocycles. The molecule has 3 heteroatoms. The number of nitrogens with zero attached hydrogens (tertiary/aromatic N) is 2. The summed E-state index contributed by atoms with van der Waals surface area (Å²) in [5.41, 5.74) is 4.78. The first kappa shape index (κ1) is 13.4. The molecule has 1 aliphatic heterocycles. The van der Waals surface area contributed by atoms with Gasteiger partial charge in [-0.1, -0.05) is 36.4 Å². The number of hydrogen-bond donors (Lipinski definition) is 0. The Balaban J connectivity index is 2.00.